The zero-order valence-electron chi connectivity index (χ0n) is 22.9. The second-order valence-corrected chi connectivity index (χ2v) is 10.6. The molecule has 2 aromatic carbocycles. The molecule has 5 aromatic rings. The molecule has 0 atom stereocenters. The Kier molecular flexibility index (Phi) is 11.6. The molecule has 0 bridgehead atoms. The molecular formula is C26H23Br2N10NaO4. The molecular weight excluding hydrogens is 699 g/mol. The van der Waals surface area contributed by atoms with Crippen molar-refractivity contribution in [1.82, 2.24) is 34.9 Å². The van der Waals surface area contributed by atoms with Gasteiger partial charge in [0, 0.05) is 19.4 Å². The molecule has 7 rings (SSSR count). The number of aromatic nitrogens is 7. The number of anilines is 2. The number of nitrogen functional groups attached to an aromatic ring is 1. The van der Waals surface area contributed by atoms with Gasteiger partial charge in [-0.15, -0.1) is 10.4 Å². The average molecular weight is 722 g/mol. The van der Waals surface area contributed by atoms with Crippen LogP contribution in [0.5, 0.6) is 11.5 Å². The van der Waals surface area contributed by atoms with Gasteiger partial charge in [0.25, 0.3) is 0 Å². The SMILES string of the molecule is Brc1cnc2nnn(Cc3ccc4c(c3)CCO4)c2n1.Nc1ncc(Br)nc1NCc1ccc2c(c1)CCO2.O=N[O-].[Na+]. The number of nitrogens with two attached hydrogens (primary N) is 1. The molecule has 0 fully saturated rings. The molecule has 0 unspecified atom stereocenters. The topological polar surface area (TPSA) is 191 Å². The summed E-state index contributed by atoms with van der Waals surface area (Å²) < 4.78 is 14.1. The molecule has 0 radical (unpaired) electrons. The van der Waals surface area contributed by atoms with Crippen molar-refractivity contribution in [1.29, 1.82) is 0 Å². The van der Waals surface area contributed by atoms with Crippen molar-refractivity contribution in [3.05, 3.63) is 90.4 Å². The van der Waals surface area contributed by atoms with Crippen LogP contribution in [0.2, 0.25) is 0 Å². The van der Waals surface area contributed by atoms with Crippen LogP contribution in [0.4, 0.5) is 11.6 Å². The molecule has 43 heavy (non-hydrogen) atoms. The molecule has 216 valence electrons. The summed E-state index contributed by atoms with van der Waals surface area (Å²) in [5.74, 6) is 2.96. The largest absolute Gasteiger partial charge is 1.00 e. The Morgan fingerprint density at radius 2 is 1.56 bits per heavy atom. The minimum absolute atomic E-state index is 0. The first-order chi connectivity index (χ1) is 20.4. The van der Waals surface area contributed by atoms with Gasteiger partial charge < -0.3 is 30.6 Å². The molecule has 0 aliphatic carbocycles. The molecule has 2 aliphatic rings. The maximum Gasteiger partial charge on any atom is 1.00 e. The van der Waals surface area contributed by atoms with Crippen molar-refractivity contribution < 1.29 is 39.0 Å². The second kappa shape index (κ2) is 15.3. The molecule has 5 heterocycles. The molecule has 2 aliphatic heterocycles. The van der Waals surface area contributed by atoms with Gasteiger partial charge in [-0.2, -0.15) is 0 Å². The zero-order valence-corrected chi connectivity index (χ0v) is 28.1. The number of nitrogens with zero attached hydrogens (tertiary/aromatic N) is 8. The van der Waals surface area contributed by atoms with Crippen LogP contribution in [0.25, 0.3) is 11.3 Å². The number of benzene rings is 2. The van der Waals surface area contributed by atoms with E-state index in [4.69, 9.17) is 25.3 Å². The number of ether oxygens (including phenoxy) is 2. The van der Waals surface area contributed by atoms with E-state index in [1.165, 1.54) is 16.7 Å². The maximum atomic E-state index is 8.00. The fraction of sp³-hybridized carbons (Fsp3) is 0.231. The Morgan fingerprint density at radius 3 is 2.26 bits per heavy atom. The van der Waals surface area contributed by atoms with Crippen LogP contribution in [0.15, 0.2) is 63.3 Å². The fourth-order valence-electron chi connectivity index (χ4n) is 4.39. The third-order valence-electron chi connectivity index (χ3n) is 6.27. The minimum Gasteiger partial charge on any atom is -0.493 e. The van der Waals surface area contributed by atoms with Gasteiger partial charge in [-0.3, -0.25) is 0 Å². The zero-order chi connectivity index (χ0) is 29.5. The summed E-state index contributed by atoms with van der Waals surface area (Å²) in [7, 11) is 0. The Balaban J connectivity index is 0.000000177. The van der Waals surface area contributed by atoms with Gasteiger partial charge in [0.15, 0.2) is 17.3 Å². The predicted molar refractivity (Wildman–Crippen MR) is 162 cm³/mol. The number of nitrogens with one attached hydrogen (secondary N) is 1. The molecule has 0 saturated heterocycles. The fourth-order valence-corrected chi connectivity index (χ4v) is 4.94. The second-order valence-electron chi connectivity index (χ2n) is 9.02. The summed E-state index contributed by atoms with van der Waals surface area (Å²) in [6, 6.07) is 12.4. The molecule has 3 N–H and O–H groups in total. The van der Waals surface area contributed by atoms with Crippen molar-refractivity contribution >= 4 is 54.8 Å². The smallest absolute Gasteiger partial charge is 0.493 e. The predicted octanol–water partition coefficient (Wildman–Crippen LogP) is 1.59. The third kappa shape index (κ3) is 8.35. The number of fused-ring (bicyclic) bond motifs is 3. The van der Waals surface area contributed by atoms with Gasteiger partial charge in [-0.25, -0.2) is 24.6 Å². The van der Waals surface area contributed by atoms with E-state index in [9.17, 15) is 0 Å². The number of hydrogen-bond acceptors (Lipinski definition) is 13. The standard InChI is InChI=1S/C13H10BrN5O.C13H13BrN4O.HNO2.Na/c14-11-6-15-12-13(16-11)19(18-17-12)7-8-1-2-10-9(5-8)3-4-20-10;14-11-7-16-12(15)13(18-11)17-6-8-1-2-10-9(5-8)3-4-19-10;2-1-3;/h1-2,5-6H,3-4,7H2;1-2,5,7H,3-4,6H2,(H2,15,16)(H,17,18);(H,2,3);/q;;;+1/p-1. The van der Waals surface area contributed by atoms with E-state index in [1.54, 1.807) is 17.1 Å². The van der Waals surface area contributed by atoms with Crippen molar-refractivity contribution in [3.8, 4) is 11.5 Å². The summed E-state index contributed by atoms with van der Waals surface area (Å²) in [4.78, 5) is 24.8. The summed E-state index contributed by atoms with van der Waals surface area (Å²) in [5.41, 5.74) is 11.8. The first kappa shape index (κ1) is 32.5. The van der Waals surface area contributed by atoms with Crippen LogP contribution in [0, 0.1) is 10.1 Å². The Labute approximate surface area is 284 Å². The van der Waals surface area contributed by atoms with E-state index in [0.29, 0.717) is 45.2 Å². The van der Waals surface area contributed by atoms with E-state index >= 15 is 0 Å². The van der Waals surface area contributed by atoms with Crippen LogP contribution < -0.4 is 50.1 Å². The van der Waals surface area contributed by atoms with E-state index in [0.717, 1.165) is 48.5 Å². The van der Waals surface area contributed by atoms with Gasteiger partial charge in [-0.1, -0.05) is 29.5 Å². The van der Waals surface area contributed by atoms with E-state index in [2.05, 4.69) is 79.6 Å². The number of hydrogen-bond donors (Lipinski definition) is 2. The van der Waals surface area contributed by atoms with Crippen LogP contribution in [-0.4, -0.2) is 48.1 Å². The first-order valence-electron chi connectivity index (χ1n) is 12.6. The number of rotatable bonds is 5. The van der Waals surface area contributed by atoms with E-state index in [-0.39, 0.29) is 29.6 Å². The van der Waals surface area contributed by atoms with Gasteiger partial charge in [-0.05, 0) is 66.2 Å². The maximum absolute atomic E-state index is 8.00. The van der Waals surface area contributed by atoms with E-state index in [1.807, 2.05) is 24.3 Å². The Bertz CT molecular complexity index is 1730. The summed E-state index contributed by atoms with van der Waals surface area (Å²) in [6.45, 7) is 2.82. The summed E-state index contributed by atoms with van der Waals surface area (Å²) in [5, 5.41) is 20.3. The molecule has 3 aromatic heterocycles. The first-order valence-corrected chi connectivity index (χ1v) is 14.2. The van der Waals surface area contributed by atoms with Crippen molar-refractivity contribution in [2.24, 2.45) is 5.34 Å². The Morgan fingerprint density at radius 1 is 0.953 bits per heavy atom. The average Bonchev–Trinajstić information content (AvgIpc) is 3.74. The summed E-state index contributed by atoms with van der Waals surface area (Å²) >= 11 is 6.60. The van der Waals surface area contributed by atoms with E-state index < -0.39 is 0 Å². The third-order valence-corrected chi connectivity index (χ3v) is 7.03. The van der Waals surface area contributed by atoms with Crippen LogP contribution in [0.3, 0.4) is 0 Å². The Hall–Kier alpha value is -3.44. The monoisotopic (exact) mass is 720 g/mol. The molecule has 0 spiro atoms. The van der Waals surface area contributed by atoms with Gasteiger partial charge in [0.1, 0.15) is 20.7 Å². The van der Waals surface area contributed by atoms with Gasteiger partial charge in [0.05, 0.1) is 32.2 Å². The van der Waals surface area contributed by atoms with Crippen molar-refractivity contribution in [2.45, 2.75) is 25.9 Å². The normalized spacial score (nSPS) is 12.2. The van der Waals surface area contributed by atoms with Crippen molar-refractivity contribution in [2.75, 3.05) is 24.3 Å². The van der Waals surface area contributed by atoms with Crippen LogP contribution in [0.1, 0.15) is 22.3 Å². The van der Waals surface area contributed by atoms with Gasteiger partial charge in [0.2, 0.25) is 5.65 Å². The van der Waals surface area contributed by atoms with Gasteiger partial charge >= 0.3 is 29.6 Å². The van der Waals surface area contributed by atoms with Crippen LogP contribution >= 0.6 is 31.9 Å². The molecule has 0 amide bonds. The van der Waals surface area contributed by atoms with Crippen LogP contribution in [-0.2, 0) is 25.9 Å². The minimum atomic E-state index is 0. The number of halogens is 2. The summed E-state index contributed by atoms with van der Waals surface area (Å²) in [6.07, 6.45) is 5.13. The molecule has 14 nitrogen and oxygen atoms in total. The van der Waals surface area contributed by atoms with Crippen molar-refractivity contribution in [3.63, 3.8) is 0 Å². The quantitative estimate of drug-likeness (QED) is 0.152. The molecule has 17 heteroatoms. The molecule has 0 saturated carbocycles.